The van der Waals surface area contributed by atoms with E-state index >= 15 is 0 Å². The standard InChI is InChI=1S/C30H30N2O4S2/c1-5-21-10-13-23(14-11-21)32-29(34)26(38-30(32)37)17-22-12-15-24(25(16-22)35-6-2)36-18-27(33)31-28-19(3)8-7-9-20(28)4/h7-17H,5-6,18H2,1-4H3,(H,31,33)/b26-17-. The van der Waals surface area contributed by atoms with Gasteiger partial charge in [0.25, 0.3) is 11.8 Å². The largest absolute Gasteiger partial charge is 0.490 e. The number of benzene rings is 3. The summed E-state index contributed by atoms with van der Waals surface area (Å²) < 4.78 is 12.1. The number of thiocarbonyl (C=S) groups is 1. The number of nitrogens with zero attached hydrogens (tertiary/aromatic N) is 1. The predicted molar refractivity (Wildman–Crippen MR) is 159 cm³/mol. The second kappa shape index (κ2) is 12.3. The van der Waals surface area contributed by atoms with Crippen molar-refractivity contribution in [3.63, 3.8) is 0 Å². The molecule has 0 aliphatic carbocycles. The minimum atomic E-state index is -0.260. The number of para-hydroxylation sites is 1. The van der Waals surface area contributed by atoms with Crippen molar-refractivity contribution in [1.29, 1.82) is 0 Å². The van der Waals surface area contributed by atoms with Crippen LogP contribution in [0.5, 0.6) is 11.5 Å². The van der Waals surface area contributed by atoms with E-state index in [1.807, 2.05) is 69.3 Å². The molecule has 2 amide bonds. The molecule has 0 aromatic heterocycles. The van der Waals surface area contributed by atoms with Crippen molar-refractivity contribution in [2.24, 2.45) is 0 Å². The Bertz CT molecular complexity index is 1380. The first kappa shape index (κ1) is 27.4. The Hall–Kier alpha value is -3.62. The average Bonchev–Trinajstić information content (AvgIpc) is 3.18. The van der Waals surface area contributed by atoms with Gasteiger partial charge in [0.05, 0.1) is 17.2 Å². The molecule has 8 heteroatoms. The van der Waals surface area contributed by atoms with Crippen molar-refractivity contribution in [2.45, 2.75) is 34.1 Å². The summed E-state index contributed by atoms with van der Waals surface area (Å²) in [6.07, 6.45) is 2.72. The number of anilines is 2. The Morgan fingerprint density at radius 3 is 2.37 bits per heavy atom. The van der Waals surface area contributed by atoms with E-state index < -0.39 is 0 Å². The topological polar surface area (TPSA) is 67.9 Å². The van der Waals surface area contributed by atoms with Crippen LogP contribution in [0.25, 0.3) is 6.08 Å². The van der Waals surface area contributed by atoms with Crippen LogP contribution >= 0.6 is 24.0 Å². The average molecular weight is 547 g/mol. The number of ether oxygens (including phenoxy) is 2. The monoisotopic (exact) mass is 546 g/mol. The molecular weight excluding hydrogens is 516 g/mol. The Balaban J connectivity index is 1.48. The van der Waals surface area contributed by atoms with Gasteiger partial charge < -0.3 is 14.8 Å². The zero-order valence-corrected chi connectivity index (χ0v) is 23.5. The molecule has 0 radical (unpaired) electrons. The van der Waals surface area contributed by atoms with Crippen molar-refractivity contribution in [1.82, 2.24) is 0 Å². The second-order valence-electron chi connectivity index (χ2n) is 8.78. The van der Waals surface area contributed by atoms with Crippen LogP contribution in [0.1, 0.15) is 36.1 Å². The number of hydrogen-bond donors (Lipinski definition) is 1. The highest BCUT2D eigenvalue weighted by atomic mass is 32.2. The molecule has 1 N–H and O–H groups in total. The fourth-order valence-corrected chi connectivity index (χ4v) is 5.35. The number of carbonyl (C=O) groups is 2. The SMILES string of the molecule is CCOc1cc(/C=C2\SC(=S)N(c3ccc(CC)cc3)C2=O)ccc1OCC(=O)Nc1c(C)cccc1C. The number of nitrogens with one attached hydrogen (secondary N) is 1. The highest BCUT2D eigenvalue weighted by Gasteiger charge is 2.33. The Labute approximate surface area is 233 Å². The quantitative estimate of drug-likeness (QED) is 0.238. The van der Waals surface area contributed by atoms with Crippen LogP contribution in [-0.4, -0.2) is 29.3 Å². The van der Waals surface area contributed by atoms with E-state index in [9.17, 15) is 9.59 Å². The van der Waals surface area contributed by atoms with Crippen LogP contribution < -0.4 is 19.7 Å². The number of hydrogen-bond acceptors (Lipinski definition) is 6. The van der Waals surface area contributed by atoms with E-state index in [1.54, 1.807) is 23.1 Å². The van der Waals surface area contributed by atoms with Gasteiger partial charge >= 0.3 is 0 Å². The van der Waals surface area contributed by atoms with E-state index in [-0.39, 0.29) is 18.4 Å². The Morgan fingerprint density at radius 1 is 1.00 bits per heavy atom. The number of thioether (sulfide) groups is 1. The first-order valence-corrected chi connectivity index (χ1v) is 13.7. The lowest BCUT2D eigenvalue weighted by molar-refractivity contribution is -0.118. The summed E-state index contributed by atoms with van der Waals surface area (Å²) in [7, 11) is 0. The van der Waals surface area contributed by atoms with Gasteiger partial charge in [-0.1, -0.05) is 67.3 Å². The van der Waals surface area contributed by atoms with E-state index in [1.165, 1.54) is 17.3 Å². The summed E-state index contributed by atoms with van der Waals surface area (Å²) in [5, 5.41) is 2.92. The zero-order chi connectivity index (χ0) is 27.2. The van der Waals surface area contributed by atoms with Crippen LogP contribution in [-0.2, 0) is 16.0 Å². The summed E-state index contributed by atoms with van der Waals surface area (Å²) in [5.74, 6) is 0.520. The van der Waals surface area contributed by atoms with Crippen LogP contribution in [0.2, 0.25) is 0 Å². The van der Waals surface area contributed by atoms with E-state index in [0.29, 0.717) is 27.3 Å². The molecule has 3 aromatic carbocycles. The van der Waals surface area contributed by atoms with Crippen molar-refractivity contribution in [3.05, 3.63) is 87.8 Å². The Kier molecular flexibility index (Phi) is 8.86. The van der Waals surface area contributed by atoms with Crippen molar-refractivity contribution in [2.75, 3.05) is 23.4 Å². The van der Waals surface area contributed by atoms with Crippen LogP contribution in [0.15, 0.2) is 65.6 Å². The molecule has 38 heavy (non-hydrogen) atoms. The van der Waals surface area contributed by atoms with Gasteiger partial charge in [0.2, 0.25) is 0 Å². The van der Waals surface area contributed by atoms with Crippen LogP contribution in [0, 0.1) is 13.8 Å². The minimum absolute atomic E-state index is 0.161. The molecule has 3 aromatic rings. The molecule has 4 rings (SSSR count). The van der Waals surface area contributed by atoms with Gasteiger partial charge in [0.1, 0.15) is 0 Å². The molecule has 196 valence electrons. The molecule has 1 fully saturated rings. The summed E-state index contributed by atoms with van der Waals surface area (Å²) in [4.78, 5) is 27.8. The molecule has 1 heterocycles. The molecule has 1 saturated heterocycles. The maximum Gasteiger partial charge on any atom is 0.270 e. The zero-order valence-electron chi connectivity index (χ0n) is 21.9. The summed E-state index contributed by atoms with van der Waals surface area (Å²) in [5.41, 5.74) is 5.49. The molecular formula is C30H30N2O4S2. The molecule has 6 nitrogen and oxygen atoms in total. The normalized spacial score (nSPS) is 14.2. The first-order chi connectivity index (χ1) is 18.3. The van der Waals surface area contributed by atoms with Gasteiger partial charge in [-0.15, -0.1) is 0 Å². The molecule has 1 aliphatic heterocycles. The highest BCUT2D eigenvalue weighted by molar-refractivity contribution is 8.27. The van der Waals surface area contributed by atoms with Crippen molar-refractivity contribution in [3.8, 4) is 11.5 Å². The number of aryl methyl sites for hydroxylation is 3. The summed E-state index contributed by atoms with van der Waals surface area (Å²) >= 11 is 6.77. The van der Waals surface area contributed by atoms with Gasteiger partial charge in [-0.3, -0.25) is 14.5 Å². The third-order valence-corrected chi connectivity index (χ3v) is 7.37. The second-order valence-corrected chi connectivity index (χ2v) is 10.5. The van der Waals surface area contributed by atoms with Gasteiger partial charge in [-0.2, -0.15) is 0 Å². The van der Waals surface area contributed by atoms with Crippen molar-refractivity contribution < 1.29 is 19.1 Å². The molecule has 0 saturated carbocycles. The fourth-order valence-electron chi connectivity index (χ4n) is 4.05. The first-order valence-electron chi connectivity index (χ1n) is 12.4. The van der Waals surface area contributed by atoms with Gasteiger partial charge in [-0.05, 0) is 79.8 Å². The van der Waals surface area contributed by atoms with Crippen LogP contribution in [0.3, 0.4) is 0 Å². The molecule has 0 unspecified atom stereocenters. The Morgan fingerprint density at radius 2 is 1.71 bits per heavy atom. The number of carbonyl (C=O) groups excluding carboxylic acids is 2. The van der Waals surface area contributed by atoms with E-state index in [0.717, 1.165) is 34.5 Å². The summed E-state index contributed by atoms with van der Waals surface area (Å²) in [6.45, 7) is 8.12. The lowest BCUT2D eigenvalue weighted by Crippen LogP contribution is -2.27. The van der Waals surface area contributed by atoms with Gasteiger partial charge in [0, 0.05) is 5.69 Å². The predicted octanol–water partition coefficient (Wildman–Crippen LogP) is 6.69. The summed E-state index contributed by atoms with van der Waals surface area (Å²) in [6, 6.07) is 19.1. The third-order valence-electron chi connectivity index (χ3n) is 6.07. The van der Waals surface area contributed by atoms with Gasteiger partial charge in [-0.25, -0.2) is 0 Å². The van der Waals surface area contributed by atoms with Crippen molar-refractivity contribution >= 4 is 57.6 Å². The highest BCUT2D eigenvalue weighted by Crippen LogP contribution is 2.37. The lowest BCUT2D eigenvalue weighted by atomic mass is 10.1. The number of rotatable bonds is 9. The maximum atomic E-state index is 13.2. The number of amides is 2. The fraction of sp³-hybridized carbons (Fsp3) is 0.233. The molecule has 0 atom stereocenters. The van der Waals surface area contributed by atoms with E-state index in [4.69, 9.17) is 21.7 Å². The third kappa shape index (κ3) is 6.26. The van der Waals surface area contributed by atoms with Crippen LogP contribution in [0.4, 0.5) is 11.4 Å². The smallest absolute Gasteiger partial charge is 0.270 e. The van der Waals surface area contributed by atoms with Gasteiger partial charge in [0.15, 0.2) is 22.4 Å². The lowest BCUT2D eigenvalue weighted by Gasteiger charge is -2.15. The maximum absolute atomic E-state index is 13.2. The molecule has 1 aliphatic rings. The molecule has 0 spiro atoms. The van der Waals surface area contributed by atoms with E-state index in [2.05, 4.69) is 12.2 Å². The molecule has 0 bridgehead atoms. The minimum Gasteiger partial charge on any atom is -0.490 e.